The van der Waals surface area contributed by atoms with Crippen LogP contribution in [0.15, 0.2) is 60.8 Å². The molecule has 0 saturated carbocycles. The Hall–Kier alpha value is -2.40. The second kappa shape index (κ2) is 45.0. The van der Waals surface area contributed by atoms with E-state index in [2.05, 4.69) is 74.6 Å². The number of carbonyl (C=O) groups is 2. The summed E-state index contributed by atoms with van der Waals surface area (Å²) in [6.07, 6.45) is 58.7. The van der Waals surface area contributed by atoms with E-state index < -0.39 is 6.10 Å². The van der Waals surface area contributed by atoms with Crippen LogP contribution in [0.5, 0.6) is 0 Å². The van der Waals surface area contributed by atoms with Gasteiger partial charge in [-0.2, -0.15) is 0 Å². The average molecular weight is 755 g/mol. The predicted molar refractivity (Wildman–Crippen MR) is 233 cm³/mol. The summed E-state index contributed by atoms with van der Waals surface area (Å²) in [4.78, 5) is 24.3. The number of hydrogen-bond donors (Lipinski definition) is 1. The Morgan fingerprint density at radius 2 is 0.796 bits per heavy atom. The molecule has 0 aromatic heterocycles. The highest BCUT2D eigenvalue weighted by atomic mass is 16.6. The normalized spacial score (nSPS) is 12.7. The molecule has 0 fully saturated rings. The van der Waals surface area contributed by atoms with E-state index in [-0.39, 0.29) is 25.2 Å². The predicted octanol–water partition coefficient (Wildman–Crippen LogP) is 14.7. The van der Waals surface area contributed by atoms with E-state index in [9.17, 15) is 14.7 Å². The molecule has 5 heteroatoms. The highest BCUT2D eigenvalue weighted by Crippen LogP contribution is 2.14. The third-order valence-corrected chi connectivity index (χ3v) is 9.80. The lowest BCUT2D eigenvalue weighted by atomic mass is 10.0. The minimum absolute atomic E-state index is 0.0713. The van der Waals surface area contributed by atoms with E-state index in [1.54, 1.807) is 0 Å². The van der Waals surface area contributed by atoms with Crippen molar-refractivity contribution in [3.05, 3.63) is 60.8 Å². The Labute approximate surface area is 334 Å². The van der Waals surface area contributed by atoms with Crippen molar-refractivity contribution >= 4 is 11.9 Å². The topological polar surface area (TPSA) is 72.8 Å². The van der Waals surface area contributed by atoms with E-state index >= 15 is 0 Å². The lowest BCUT2D eigenvalue weighted by molar-refractivity contribution is -0.161. The minimum atomic E-state index is -0.777. The number of rotatable bonds is 41. The fourth-order valence-corrected chi connectivity index (χ4v) is 6.36. The van der Waals surface area contributed by atoms with Gasteiger partial charge in [0.2, 0.25) is 0 Å². The van der Waals surface area contributed by atoms with Gasteiger partial charge in [0, 0.05) is 12.8 Å². The van der Waals surface area contributed by atoms with Gasteiger partial charge in [0.05, 0.1) is 6.61 Å². The zero-order valence-corrected chi connectivity index (χ0v) is 35.5. The SMILES string of the molecule is CC/C=C\C/C=C\C/C=C\C/C=C\CCCCCCCCCCCCCCC(=O)OC(CO)COC(=O)CCCCCCC/C=C\CCCCCCCC. The quantitative estimate of drug-likeness (QED) is 0.0382. The van der Waals surface area contributed by atoms with Crippen LogP contribution in [-0.4, -0.2) is 36.4 Å². The molecule has 0 aliphatic rings. The smallest absolute Gasteiger partial charge is 0.306 e. The summed E-state index contributed by atoms with van der Waals surface area (Å²) >= 11 is 0. The molecule has 54 heavy (non-hydrogen) atoms. The van der Waals surface area contributed by atoms with E-state index in [1.165, 1.54) is 122 Å². The maximum atomic E-state index is 12.2. The molecule has 1 unspecified atom stereocenters. The van der Waals surface area contributed by atoms with Gasteiger partial charge < -0.3 is 14.6 Å². The third-order valence-electron chi connectivity index (χ3n) is 9.80. The fourth-order valence-electron chi connectivity index (χ4n) is 6.36. The Morgan fingerprint density at radius 3 is 1.22 bits per heavy atom. The van der Waals surface area contributed by atoms with Gasteiger partial charge in [0.15, 0.2) is 6.10 Å². The van der Waals surface area contributed by atoms with Gasteiger partial charge in [-0.25, -0.2) is 0 Å². The van der Waals surface area contributed by atoms with Crippen LogP contribution in [0.2, 0.25) is 0 Å². The van der Waals surface area contributed by atoms with Crippen molar-refractivity contribution in [1.82, 2.24) is 0 Å². The van der Waals surface area contributed by atoms with Gasteiger partial charge >= 0.3 is 11.9 Å². The van der Waals surface area contributed by atoms with Crippen LogP contribution in [0.3, 0.4) is 0 Å². The second-order valence-electron chi connectivity index (χ2n) is 15.1. The first-order chi connectivity index (χ1) is 26.6. The Morgan fingerprint density at radius 1 is 0.444 bits per heavy atom. The molecule has 0 aliphatic heterocycles. The van der Waals surface area contributed by atoms with Crippen LogP contribution in [-0.2, 0) is 19.1 Å². The molecule has 1 atom stereocenters. The molecule has 0 aliphatic carbocycles. The maximum Gasteiger partial charge on any atom is 0.306 e. The monoisotopic (exact) mass is 755 g/mol. The fraction of sp³-hybridized carbons (Fsp3) is 0.755. The van der Waals surface area contributed by atoms with Gasteiger partial charge in [-0.1, -0.05) is 190 Å². The zero-order valence-electron chi connectivity index (χ0n) is 35.5. The third kappa shape index (κ3) is 42.3. The highest BCUT2D eigenvalue weighted by Gasteiger charge is 2.16. The van der Waals surface area contributed by atoms with Gasteiger partial charge in [0.25, 0.3) is 0 Å². The van der Waals surface area contributed by atoms with Crippen molar-refractivity contribution in [1.29, 1.82) is 0 Å². The standard InChI is InChI=1S/C49H86O5/c1-3-5-7-9-11-13-15-17-19-20-21-22-23-24-25-26-27-28-30-32-34-36-38-40-42-44-49(52)54-47(45-50)46-53-48(51)43-41-39-37-35-33-31-29-18-16-14-12-10-8-6-4-2/h5,7,11,13,17-19,21-22,29,47,50H,3-4,6,8-10,12,14-16,20,23-28,30-46H2,1-2H3/b7-5-,13-11-,19-17-,22-21-,29-18-. The molecule has 0 heterocycles. The summed E-state index contributed by atoms with van der Waals surface area (Å²) in [7, 11) is 0. The van der Waals surface area contributed by atoms with Crippen LogP contribution in [0.4, 0.5) is 0 Å². The maximum absolute atomic E-state index is 12.2. The number of hydrogen-bond acceptors (Lipinski definition) is 5. The Kier molecular flexibility index (Phi) is 43.0. The molecular formula is C49H86O5. The first-order valence-electron chi connectivity index (χ1n) is 22.8. The van der Waals surface area contributed by atoms with Crippen LogP contribution in [0, 0.1) is 0 Å². The molecule has 1 N–H and O–H groups in total. The molecule has 0 radical (unpaired) electrons. The Bertz CT molecular complexity index is 946. The lowest BCUT2D eigenvalue weighted by Crippen LogP contribution is -2.28. The van der Waals surface area contributed by atoms with E-state index in [0.717, 1.165) is 70.6 Å². The number of esters is 2. The molecular weight excluding hydrogens is 669 g/mol. The Balaban J connectivity index is 3.53. The van der Waals surface area contributed by atoms with Gasteiger partial charge in [0.1, 0.15) is 6.61 Å². The summed E-state index contributed by atoms with van der Waals surface area (Å²) in [5, 5.41) is 9.59. The average Bonchev–Trinajstić information content (AvgIpc) is 3.17. The summed E-state index contributed by atoms with van der Waals surface area (Å²) < 4.78 is 10.6. The first-order valence-corrected chi connectivity index (χ1v) is 22.8. The van der Waals surface area contributed by atoms with Crippen molar-refractivity contribution in [2.24, 2.45) is 0 Å². The highest BCUT2D eigenvalue weighted by molar-refractivity contribution is 5.70. The molecule has 0 bridgehead atoms. The van der Waals surface area contributed by atoms with Crippen LogP contribution in [0.1, 0.15) is 219 Å². The number of ether oxygens (including phenoxy) is 2. The molecule has 0 amide bonds. The number of aliphatic hydroxyl groups excluding tert-OH is 1. The summed E-state index contributed by atoms with van der Waals surface area (Å²) in [5.74, 6) is -0.601. The molecule has 0 rings (SSSR count). The first kappa shape index (κ1) is 51.6. The lowest BCUT2D eigenvalue weighted by Gasteiger charge is -2.15. The van der Waals surface area contributed by atoms with Crippen molar-refractivity contribution < 1.29 is 24.2 Å². The van der Waals surface area contributed by atoms with Crippen molar-refractivity contribution in [3.63, 3.8) is 0 Å². The zero-order chi connectivity index (χ0) is 39.3. The van der Waals surface area contributed by atoms with E-state index in [1.807, 2.05) is 0 Å². The molecule has 312 valence electrons. The molecule has 0 aromatic rings. The minimum Gasteiger partial charge on any atom is -0.462 e. The van der Waals surface area contributed by atoms with Crippen molar-refractivity contribution in [3.8, 4) is 0 Å². The number of aliphatic hydroxyl groups is 1. The summed E-state index contributed by atoms with van der Waals surface area (Å²) in [5.41, 5.74) is 0. The number of unbranched alkanes of at least 4 members (excludes halogenated alkanes) is 23. The molecule has 0 saturated heterocycles. The van der Waals surface area contributed by atoms with Crippen LogP contribution in [0.25, 0.3) is 0 Å². The molecule has 0 spiro atoms. The van der Waals surface area contributed by atoms with Crippen molar-refractivity contribution in [2.45, 2.75) is 225 Å². The summed E-state index contributed by atoms with van der Waals surface area (Å²) in [6, 6.07) is 0. The van der Waals surface area contributed by atoms with E-state index in [0.29, 0.717) is 12.8 Å². The van der Waals surface area contributed by atoms with Gasteiger partial charge in [-0.05, 0) is 77.0 Å². The number of allylic oxidation sites excluding steroid dienone is 10. The van der Waals surface area contributed by atoms with Gasteiger partial charge in [-0.15, -0.1) is 0 Å². The summed E-state index contributed by atoms with van der Waals surface area (Å²) in [6.45, 7) is 4.02. The van der Waals surface area contributed by atoms with Crippen LogP contribution >= 0.6 is 0 Å². The van der Waals surface area contributed by atoms with E-state index in [4.69, 9.17) is 9.47 Å². The molecule has 0 aromatic carbocycles. The van der Waals surface area contributed by atoms with Gasteiger partial charge in [-0.3, -0.25) is 9.59 Å². The largest absolute Gasteiger partial charge is 0.462 e. The number of carbonyl (C=O) groups excluding carboxylic acids is 2. The van der Waals surface area contributed by atoms with Crippen LogP contribution < -0.4 is 0 Å². The second-order valence-corrected chi connectivity index (χ2v) is 15.1. The molecule has 5 nitrogen and oxygen atoms in total. The van der Waals surface area contributed by atoms with Crippen molar-refractivity contribution in [2.75, 3.05) is 13.2 Å².